The Morgan fingerprint density at radius 2 is 1.36 bits per heavy atom. The molecule has 0 spiro atoms. The summed E-state index contributed by atoms with van der Waals surface area (Å²) in [6.07, 6.45) is 1.57. The molecule has 2 aliphatic rings. The fourth-order valence-electron chi connectivity index (χ4n) is 1.23. The Morgan fingerprint density at radius 3 is 1.55 bits per heavy atom. The van der Waals surface area contributed by atoms with Gasteiger partial charge in [-0.15, -0.1) is 0 Å². The van der Waals surface area contributed by atoms with Crippen LogP contribution in [0.4, 0.5) is 0 Å². The van der Waals surface area contributed by atoms with E-state index < -0.39 is 9.84 Å². The Balaban J connectivity index is 2.72. The summed E-state index contributed by atoms with van der Waals surface area (Å²) in [6, 6.07) is 0. The summed E-state index contributed by atoms with van der Waals surface area (Å²) >= 11 is 9.50. The summed E-state index contributed by atoms with van der Waals surface area (Å²) in [7, 11) is -3.35. The molecule has 1 heterocycles. The monoisotopic (exact) mass is 204 g/mol. The minimum absolute atomic E-state index is 0.0729. The zero-order valence-electron chi connectivity index (χ0n) is 5.46. The average Bonchev–Trinajstić information content (AvgIpc) is 1.92. The normalized spacial score (nSPS) is 26.9. The van der Waals surface area contributed by atoms with Crippen LogP contribution in [0.2, 0.25) is 0 Å². The van der Waals surface area contributed by atoms with Crippen LogP contribution in [0.25, 0.3) is 0 Å². The lowest BCUT2D eigenvalue weighted by Gasteiger charge is -2.12. The van der Waals surface area contributed by atoms with Gasteiger partial charge in [0.15, 0.2) is 0 Å². The van der Waals surface area contributed by atoms with E-state index in [0.29, 0.717) is 0 Å². The number of hydrogen-bond acceptors (Lipinski definition) is 4. The third kappa shape index (κ3) is 0.733. The third-order valence-corrected chi connectivity index (χ3v) is 5.25. The molecule has 0 fully saturated rings. The second-order valence-electron chi connectivity index (χ2n) is 2.54. The van der Waals surface area contributed by atoms with Crippen LogP contribution in [0.5, 0.6) is 0 Å². The van der Waals surface area contributed by atoms with Crippen LogP contribution in [0.3, 0.4) is 0 Å². The first kappa shape index (κ1) is 7.52. The molecule has 1 aliphatic heterocycles. The summed E-state index contributed by atoms with van der Waals surface area (Å²) in [4.78, 5) is 0. The Bertz CT molecular complexity index is 362. The Kier molecular flexibility index (Phi) is 1.34. The van der Waals surface area contributed by atoms with Crippen molar-refractivity contribution in [3.05, 3.63) is 11.1 Å². The van der Waals surface area contributed by atoms with Crippen molar-refractivity contribution in [2.45, 2.75) is 12.8 Å². The molecule has 0 aromatic heterocycles. The van der Waals surface area contributed by atoms with Gasteiger partial charge in [0.05, 0.1) is 0 Å². The minimum atomic E-state index is -3.35. The Morgan fingerprint density at radius 1 is 1.00 bits per heavy atom. The first-order chi connectivity index (χ1) is 5.05. The van der Waals surface area contributed by atoms with Crippen LogP contribution in [0, 0.1) is 0 Å². The lowest BCUT2D eigenvalue weighted by Crippen LogP contribution is -2.12. The largest absolute Gasteiger partial charge is 0.227 e. The molecule has 58 valence electrons. The second kappa shape index (κ2) is 1.97. The molecule has 5 heteroatoms. The van der Waals surface area contributed by atoms with Gasteiger partial charge in [0, 0.05) is 0 Å². The summed E-state index contributed by atoms with van der Waals surface area (Å²) in [5, 5.41) is 0. The molecular weight excluding hydrogens is 200 g/mol. The highest BCUT2D eigenvalue weighted by atomic mass is 32.2. The predicted octanol–water partition coefficient (Wildman–Crippen LogP) is 1.16. The van der Waals surface area contributed by atoms with Gasteiger partial charge >= 0.3 is 0 Å². The Labute approximate surface area is 75.2 Å². The van der Waals surface area contributed by atoms with Crippen molar-refractivity contribution in [3.63, 3.8) is 0 Å². The molecule has 0 saturated heterocycles. The lowest BCUT2D eigenvalue weighted by atomic mass is 9.91. The molecule has 11 heavy (non-hydrogen) atoms. The van der Waals surface area contributed by atoms with Gasteiger partial charge in [0.2, 0.25) is 9.84 Å². The van der Waals surface area contributed by atoms with E-state index in [1.165, 1.54) is 0 Å². The summed E-state index contributed by atoms with van der Waals surface area (Å²) in [6.45, 7) is 0. The Hall–Kier alpha value is -0.130. The van der Waals surface area contributed by atoms with Crippen molar-refractivity contribution in [2.75, 3.05) is 0 Å². The quantitative estimate of drug-likeness (QED) is 0.555. The summed E-state index contributed by atoms with van der Waals surface area (Å²) in [5.41, 5.74) is 1.59. The molecule has 0 saturated carbocycles. The molecule has 0 aromatic carbocycles. The van der Waals surface area contributed by atoms with E-state index in [1.807, 2.05) is 0 Å². The van der Waals surface area contributed by atoms with Crippen LogP contribution in [-0.4, -0.2) is 16.8 Å². The summed E-state index contributed by atoms with van der Waals surface area (Å²) in [5.74, 6) is 0. The number of sulfone groups is 1. The van der Waals surface area contributed by atoms with E-state index in [2.05, 4.69) is 0 Å². The van der Waals surface area contributed by atoms with Crippen LogP contribution >= 0.6 is 24.4 Å². The van der Waals surface area contributed by atoms with Gasteiger partial charge in [0.25, 0.3) is 0 Å². The van der Waals surface area contributed by atoms with E-state index in [0.717, 1.165) is 24.0 Å². The molecule has 0 unspecified atom stereocenters. The standard InChI is InChI=1S/C6H4O2S3/c7-11(8)5(9)3-1-2-4(3)6(11)10/h1-2H2. The molecule has 2 rings (SSSR count). The zero-order chi connectivity index (χ0) is 8.22. The van der Waals surface area contributed by atoms with E-state index in [-0.39, 0.29) is 8.39 Å². The van der Waals surface area contributed by atoms with E-state index in [1.54, 1.807) is 0 Å². The van der Waals surface area contributed by atoms with Crippen LogP contribution in [0.1, 0.15) is 12.8 Å². The first-order valence-corrected chi connectivity index (χ1v) is 5.41. The van der Waals surface area contributed by atoms with Gasteiger partial charge in [-0.1, -0.05) is 24.4 Å². The molecule has 0 amide bonds. The maximum Gasteiger partial charge on any atom is 0.227 e. The summed E-state index contributed by atoms with van der Waals surface area (Å²) < 4.78 is 22.6. The maximum absolute atomic E-state index is 11.2. The van der Waals surface area contributed by atoms with E-state index in [4.69, 9.17) is 24.4 Å². The third-order valence-electron chi connectivity index (χ3n) is 1.97. The topological polar surface area (TPSA) is 34.1 Å². The van der Waals surface area contributed by atoms with Gasteiger partial charge in [0.1, 0.15) is 8.39 Å². The first-order valence-electron chi connectivity index (χ1n) is 3.11. The van der Waals surface area contributed by atoms with Crippen molar-refractivity contribution >= 4 is 42.7 Å². The predicted molar refractivity (Wildman–Crippen MR) is 50.4 cm³/mol. The fourth-order valence-corrected chi connectivity index (χ4v) is 3.61. The molecule has 0 radical (unpaired) electrons. The van der Waals surface area contributed by atoms with Gasteiger partial charge in [-0.2, -0.15) is 0 Å². The molecule has 0 aromatic rings. The van der Waals surface area contributed by atoms with Gasteiger partial charge in [-0.3, -0.25) is 0 Å². The van der Waals surface area contributed by atoms with Crippen molar-refractivity contribution in [3.8, 4) is 0 Å². The smallest absolute Gasteiger partial charge is 0.217 e. The second-order valence-corrected chi connectivity index (χ2v) is 5.69. The highest BCUT2D eigenvalue weighted by Gasteiger charge is 2.42. The van der Waals surface area contributed by atoms with Gasteiger partial charge in [-0.05, 0) is 24.0 Å². The van der Waals surface area contributed by atoms with E-state index >= 15 is 0 Å². The molecule has 0 N–H and O–H groups in total. The molecular formula is C6H4O2S3. The lowest BCUT2D eigenvalue weighted by molar-refractivity contribution is 0.619. The van der Waals surface area contributed by atoms with Crippen molar-refractivity contribution in [2.24, 2.45) is 0 Å². The van der Waals surface area contributed by atoms with Gasteiger partial charge < -0.3 is 0 Å². The molecule has 0 bridgehead atoms. The van der Waals surface area contributed by atoms with Crippen molar-refractivity contribution in [1.29, 1.82) is 0 Å². The maximum atomic E-state index is 11.2. The fraction of sp³-hybridized carbons (Fsp3) is 0.333. The van der Waals surface area contributed by atoms with Crippen molar-refractivity contribution < 1.29 is 8.42 Å². The molecule has 0 atom stereocenters. The number of hydrogen-bond donors (Lipinski definition) is 0. The SMILES string of the molecule is O=S1(=O)C(=S)C2=C(CC2)C1=S. The molecule has 2 nitrogen and oxygen atoms in total. The van der Waals surface area contributed by atoms with Crippen molar-refractivity contribution in [1.82, 2.24) is 0 Å². The average molecular weight is 204 g/mol. The van der Waals surface area contributed by atoms with Crippen LogP contribution in [-0.2, 0) is 9.84 Å². The van der Waals surface area contributed by atoms with Gasteiger partial charge in [-0.25, -0.2) is 8.42 Å². The number of rotatable bonds is 0. The minimum Gasteiger partial charge on any atom is -0.217 e. The van der Waals surface area contributed by atoms with Crippen LogP contribution in [0.15, 0.2) is 11.1 Å². The van der Waals surface area contributed by atoms with Crippen LogP contribution < -0.4 is 0 Å². The van der Waals surface area contributed by atoms with E-state index in [9.17, 15) is 8.42 Å². The highest BCUT2D eigenvalue weighted by Crippen LogP contribution is 2.39. The molecule has 1 aliphatic carbocycles. The zero-order valence-corrected chi connectivity index (χ0v) is 7.90. The number of thiocarbonyl (C=S) groups is 2. The highest BCUT2D eigenvalue weighted by molar-refractivity contribution is 8.34.